The number of methoxy groups -OCH3 is 1. The number of nitrogens with two attached hydrogens (primary N) is 1. The van der Waals surface area contributed by atoms with Crippen LogP contribution in [0.3, 0.4) is 0 Å². The number of nitrogens with one attached hydrogen (secondary N) is 1. The minimum absolute atomic E-state index is 0.0944. The number of fused-ring (bicyclic) bond motifs is 1. The zero-order valence-corrected chi connectivity index (χ0v) is 23.7. The third-order valence-corrected chi connectivity index (χ3v) is 7.85. The van der Waals surface area contributed by atoms with Gasteiger partial charge in [-0.2, -0.15) is 5.10 Å². The van der Waals surface area contributed by atoms with E-state index in [0.717, 1.165) is 51.3 Å². The average molecular weight is 536 g/mol. The number of ketones is 1. The Morgan fingerprint density at radius 2 is 2.05 bits per heavy atom. The summed E-state index contributed by atoms with van der Waals surface area (Å²) in [5, 5.41) is 7.29. The molecule has 0 radical (unpaired) electrons. The molecule has 0 amide bonds. The minimum Gasteiger partial charge on any atom is -0.497 e. The Hall–Kier alpha value is -3.09. The van der Waals surface area contributed by atoms with E-state index in [0.29, 0.717) is 23.7 Å². The molecule has 1 saturated carbocycles. The van der Waals surface area contributed by atoms with Gasteiger partial charge in [0, 0.05) is 16.7 Å². The summed E-state index contributed by atoms with van der Waals surface area (Å²) in [6, 6.07) is 11.8. The summed E-state index contributed by atoms with van der Waals surface area (Å²) in [6.07, 6.45) is 7.92. The van der Waals surface area contributed by atoms with Crippen molar-refractivity contribution in [3.8, 4) is 22.6 Å². The third-order valence-electron chi connectivity index (χ3n) is 7.56. The Bertz CT molecular complexity index is 1320. The fourth-order valence-electron chi connectivity index (χ4n) is 4.76. The van der Waals surface area contributed by atoms with Crippen molar-refractivity contribution in [1.82, 2.24) is 10.2 Å². The Morgan fingerprint density at radius 1 is 1.29 bits per heavy atom. The van der Waals surface area contributed by atoms with Crippen LogP contribution in [-0.2, 0) is 11.2 Å². The first kappa shape index (κ1) is 27.9. The monoisotopic (exact) mass is 535 g/mol. The smallest absolute Gasteiger partial charge is 0.169 e. The molecule has 3 N–H and O–H groups in total. The van der Waals surface area contributed by atoms with Crippen LogP contribution in [0.1, 0.15) is 69.6 Å². The molecule has 7 heteroatoms. The second-order valence-electron chi connectivity index (χ2n) is 10.5. The normalized spacial score (nSPS) is 17.7. The molecule has 2 heterocycles. The number of aromatic nitrogens is 2. The van der Waals surface area contributed by atoms with Crippen LogP contribution in [0.15, 0.2) is 48.7 Å². The molecule has 2 aromatic carbocycles. The maximum atomic E-state index is 13.6. The molecule has 6 nitrogen and oxygen atoms in total. The molecule has 0 saturated heterocycles. The van der Waals surface area contributed by atoms with Gasteiger partial charge >= 0.3 is 0 Å². The molecule has 1 unspecified atom stereocenters. The van der Waals surface area contributed by atoms with E-state index in [4.69, 9.17) is 26.8 Å². The number of allylic oxidation sites excluding steroid dienone is 2. The molecule has 2 aliphatic rings. The molecule has 1 aliphatic carbocycles. The highest BCUT2D eigenvalue weighted by Crippen LogP contribution is 2.37. The number of Topliss-reactive ketones (excluding diaryl/α,β-unsaturated/α-hetero) is 1. The molecule has 0 spiro atoms. The third kappa shape index (κ3) is 6.13. The Kier molecular flexibility index (Phi) is 8.64. The van der Waals surface area contributed by atoms with Crippen molar-refractivity contribution < 1.29 is 14.3 Å². The Morgan fingerprint density at radius 3 is 2.61 bits per heavy atom. The van der Waals surface area contributed by atoms with Crippen molar-refractivity contribution in [2.24, 2.45) is 11.7 Å². The molecule has 202 valence electrons. The average Bonchev–Trinajstić information content (AvgIpc) is 3.53. The number of aromatic amines is 1. The van der Waals surface area contributed by atoms with Crippen LogP contribution >= 0.6 is 11.6 Å². The number of carbonyl (C=O) groups is 1. The largest absolute Gasteiger partial charge is 0.497 e. The minimum atomic E-state index is -0.246. The van der Waals surface area contributed by atoms with Gasteiger partial charge in [-0.1, -0.05) is 56.6 Å². The highest BCUT2D eigenvalue weighted by molar-refractivity contribution is 6.32. The van der Waals surface area contributed by atoms with Crippen molar-refractivity contribution in [2.75, 3.05) is 13.7 Å². The quantitative estimate of drug-likeness (QED) is 0.319. The van der Waals surface area contributed by atoms with Crippen LogP contribution in [0.2, 0.25) is 5.15 Å². The van der Waals surface area contributed by atoms with E-state index in [1.807, 2.05) is 43.3 Å². The molecule has 1 aliphatic heterocycles. The maximum absolute atomic E-state index is 13.6. The van der Waals surface area contributed by atoms with Crippen molar-refractivity contribution in [3.63, 3.8) is 0 Å². The highest BCUT2D eigenvalue weighted by Gasteiger charge is 2.35. The fraction of sp³-hybridized carbons (Fsp3) is 0.419. The van der Waals surface area contributed by atoms with Gasteiger partial charge in [0.15, 0.2) is 5.78 Å². The number of halogens is 1. The number of carbonyl (C=O) groups excluding carboxylic acids is 1. The predicted octanol–water partition coefficient (Wildman–Crippen LogP) is 6.97. The topological polar surface area (TPSA) is 90.2 Å². The standard InChI is InChI=1S/C26H27ClN2O3.C5H11N/c1-5-20(25(30)18-10-17-11-19(31-4)7-9-24(17)32-14-18)21-8-6-16(12-22(21)15(2)3)23-13-28-29-26(23)27;1-2-5(6)3-4-5/h5-9,11-13,15,18H,10,14H2,1-4H3,(H,28,29);2-4,6H2,1H3/b20-5+;. The van der Waals surface area contributed by atoms with E-state index in [1.54, 1.807) is 13.3 Å². The van der Waals surface area contributed by atoms with Crippen LogP contribution in [0.5, 0.6) is 11.5 Å². The Balaban J connectivity index is 0.000000494. The molecule has 1 atom stereocenters. The number of hydrogen-bond donors (Lipinski definition) is 2. The predicted molar refractivity (Wildman–Crippen MR) is 154 cm³/mol. The second-order valence-corrected chi connectivity index (χ2v) is 10.9. The molecular weight excluding hydrogens is 498 g/mol. The summed E-state index contributed by atoms with van der Waals surface area (Å²) in [5.74, 6) is 1.66. The van der Waals surface area contributed by atoms with Crippen LogP contribution in [0.25, 0.3) is 16.7 Å². The maximum Gasteiger partial charge on any atom is 0.169 e. The van der Waals surface area contributed by atoms with E-state index >= 15 is 0 Å². The first-order chi connectivity index (χ1) is 18.2. The molecule has 5 rings (SSSR count). The summed E-state index contributed by atoms with van der Waals surface area (Å²) in [6.45, 7) is 8.69. The van der Waals surface area contributed by atoms with E-state index in [1.165, 1.54) is 12.8 Å². The number of hydrogen-bond acceptors (Lipinski definition) is 5. The van der Waals surface area contributed by atoms with Gasteiger partial charge < -0.3 is 15.2 Å². The van der Waals surface area contributed by atoms with Crippen LogP contribution < -0.4 is 15.2 Å². The van der Waals surface area contributed by atoms with Crippen molar-refractivity contribution >= 4 is 23.0 Å². The summed E-state index contributed by atoms with van der Waals surface area (Å²) in [5.41, 5.74) is 11.5. The van der Waals surface area contributed by atoms with E-state index in [9.17, 15) is 4.79 Å². The van der Waals surface area contributed by atoms with E-state index in [2.05, 4.69) is 37.0 Å². The van der Waals surface area contributed by atoms with Crippen molar-refractivity contribution in [3.05, 3.63) is 70.5 Å². The lowest BCUT2D eigenvalue weighted by molar-refractivity contribution is -0.118. The number of H-pyrrole nitrogens is 1. The summed E-state index contributed by atoms with van der Waals surface area (Å²) in [7, 11) is 1.64. The molecule has 1 fully saturated rings. The van der Waals surface area contributed by atoms with Crippen LogP contribution in [0.4, 0.5) is 0 Å². The van der Waals surface area contributed by atoms with Gasteiger partial charge in [-0.05, 0) is 79.0 Å². The van der Waals surface area contributed by atoms with Gasteiger partial charge in [-0.3, -0.25) is 9.89 Å². The van der Waals surface area contributed by atoms with Gasteiger partial charge in [-0.15, -0.1) is 0 Å². The fourth-order valence-corrected chi connectivity index (χ4v) is 4.96. The van der Waals surface area contributed by atoms with Gasteiger partial charge in [0.1, 0.15) is 16.7 Å². The number of rotatable bonds is 7. The molecule has 1 aromatic heterocycles. The molecule has 38 heavy (non-hydrogen) atoms. The van der Waals surface area contributed by atoms with Gasteiger partial charge in [0.25, 0.3) is 0 Å². The van der Waals surface area contributed by atoms with Crippen molar-refractivity contribution in [1.29, 1.82) is 0 Å². The first-order valence-corrected chi connectivity index (χ1v) is 13.7. The SMILES string of the molecule is C/C=C(/C(=O)C1COc2ccc(OC)cc2C1)c1ccc(-c2cn[nH]c2Cl)cc1C(C)C.CCC1(N)CC1. The first-order valence-electron chi connectivity index (χ1n) is 13.3. The summed E-state index contributed by atoms with van der Waals surface area (Å²) >= 11 is 6.24. The lowest BCUT2D eigenvalue weighted by Gasteiger charge is -2.26. The number of nitrogens with zero attached hydrogens (tertiary/aromatic N) is 1. The van der Waals surface area contributed by atoms with Crippen LogP contribution in [0, 0.1) is 5.92 Å². The van der Waals surface area contributed by atoms with Gasteiger partial charge in [-0.25, -0.2) is 0 Å². The highest BCUT2D eigenvalue weighted by atomic mass is 35.5. The van der Waals surface area contributed by atoms with Crippen molar-refractivity contribution in [2.45, 2.75) is 64.8 Å². The molecule has 3 aromatic rings. The number of ether oxygens (including phenoxy) is 2. The Labute approximate surface area is 230 Å². The number of benzene rings is 2. The zero-order chi connectivity index (χ0) is 27.4. The summed E-state index contributed by atoms with van der Waals surface area (Å²) in [4.78, 5) is 13.6. The van der Waals surface area contributed by atoms with E-state index < -0.39 is 0 Å². The van der Waals surface area contributed by atoms with Crippen LogP contribution in [-0.4, -0.2) is 35.2 Å². The second kappa shape index (κ2) is 11.7. The van der Waals surface area contributed by atoms with Gasteiger partial charge in [0.2, 0.25) is 0 Å². The van der Waals surface area contributed by atoms with E-state index in [-0.39, 0.29) is 17.6 Å². The summed E-state index contributed by atoms with van der Waals surface area (Å²) < 4.78 is 11.3. The lowest BCUT2D eigenvalue weighted by Crippen LogP contribution is -2.29. The molecule has 0 bridgehead atoms. The molecular formula is C31H38ClN3O3. The van der Waals surface area contributed by atoms with Gasteiger partial charge in [0.05, 0.1) is 25.8 Å². The zero-order valence-electron chi connectivity index (χ0n) is 22.9. The lowest BCUT2D eigenvalue weighted by atomic mass is 9.83.